The van der Waals surface area contributed by atoms with E-state index >= 15 is 0 Å². The Labute approximate surface area is 189 Å². The molecule has 1 saturated heterocycles. The highest BCUT2D eigenvalue weighted by Gasteiger charge is 2.26. The number of aryl methyl sites for hydroxylation is 1. The van der Waals surface area contributed by atoms with Gasteiger partial charge in [-0.2, -0.15) is 0 Å². The maximum atomic E-state index is 5.91. The van der Waals surface area contributed by atoms with Gasteiger partial charge in [0.15, 0.2) is 5.96 Å². The zero-order valence-corrected chi connectivity index (χ0v) is 19.5. The van der Waals surface area contributed by atoms with Crippen molar-refractivity contribution in [3.05, 3.63) is 52.7 Å². The smallest absolute Gasteiger partial charge is 0.191 e. The van der Waals surface area contributed by atoms with Gasteiger partial charge in [-0.3, -0.25) is 9.89 Å². The lowest BCUT2D eigenvalue weighted by Gasteiger charge is -2.26. The molecule has 3 heterocycles. The van der Waals surface area contributed by atoms with Gasteiger partial charge in [-0.1, -0.05) is 17.7 Å². The third-order valence-electron chi connectivity index (χ3n) is 4.85. The summed E-state index contributed by atoms with van der Waals surface area (Å²) in [6.07, 6.45) is 5.16. The van der Waals surface area contributed by atoms with E-state index in [9.17, 15) is 0 Å². The first-order valence-electron chi connectivity index (χ1n) is 9.51. The first-order valence-corrected chi connectivity index (χ1v) is 9.89. The van der Waals surface area contributed by atoms with Crippen LogP contribution in [0.2, 0.25) is 5.15 Å². The summed E-state index contributed by atoms with van der Waals surface area (Å²) < 4.78 is 5.91. The molecule has 0 amide bonds. The van der Waals surface area contributed by atoms with Gasteiger partial charge in [-0.05, 0) is 63.0 Å². The molecule has 0 aliphatic carbocycles. The molecule has 0 spiro atoms. The number of guanidine groups is 1. The third-order valence-corrected chi connectivity index (χ3v) is 5.08. The number of aromatic nitrogens is 1. The van der Waals surface area contributed by atoms with E-state index in [1.54, 1.807) is 7.05 Å². The van der Waals surface area contributed by atoms with Crippen LogP contribution in [0.5, 0.6) is 0 Å². The van der Waals surface area contributed by atoms with Gasteiger partial charge in [0, 0.05) is 26.3 Å². The van der Waals surface area contributed by atoms with Crippen LogP contribution in [0.25, 0.3) is 0 Å². The third kappa shape index (κ3) is 6.63. The van der Waals surface area contributed by atoms with E-state index in [0.29, 0.717) is 5.15 Å². The molecule has 1 aliphatic rings. The van der Waals surface area contributed by atoms with Gasteiger partial charge in [-0.15, -0.1) is 24.0 Å². The van der Waals surface area contributed by atoms with E-state index in [4.69, 9.17) is 16.0 Å². The number of aliphatic imine (C=N–C) groups is 1. The summed E-state index contributed by atoms with van der Waals surface area (Å²) in [5.41, 5.74) is 1.14. The van der Waals surface area contributed by atoms with Crippen molar-refractivity contribution < 1.29 is 4.42 Å². The van der Waals surface area contributed by atoms with Crippen molar-refractivity contribution in [3.8, 4) is 0 Å². The number of pyridine rings is 1. The van der Waals surface area contributed by atoms with Crippen molar-refractivity contribution in [2.24, 2.45) is 4.99 Å². The first-order chi connectivity index (χ1) is 13.2. The van der Waals surface area contributed by atoms with Gasteiger partial charge in [0.2, 0.25) is 0 Å². The lowest BCUT2D eigenvalue weighted by atomic mass is 10.2. The number of hydrogen-bond donors (Lipinski definition) is 2. The molecule has 1 atom stereocenters. The van der Waals surface area contributed by atoms with Crippen molar-refractivity contribution in [2.45, 2.75) is 32.2 Å². The Morgan fingerprint density at radius 3 is 2.64 bits per heavy atom. The predicted octanol–water partition coefficient (Wildman–Crippen LogP) is 3.80. The number of halogens is 2. The standard InChI is InChI=1S/C20H28ClN5O.HI/c1-15-5-7-18(27-15)17(26-11-3-4-12-26)14-25-20(22-2)23-10-9-16-6-8-19(21)24-13-16;/h5-8,13,17H,3-4,9-12,14H2,1-2H3,(H2,22,23,25);1H. The van der Waals surface area contributed by atoms with Crippen LogP contribution < -0.4 is 10.6 Å². The van der Waals surface area contributed by atoms with Crippen molar-refractivity contribution in [1.29, 1.82) is 0 Å². The van der Waals surface area contributed by atoms with Crippen LogP contribution in [0.4, 0.5) is 0 Å². The summed E-state index contributed by atoms with van der Waals surface area (Å²) >= 11 is 5.83. The van der Waals surface area contributed by atoms with Gasteiger partial charge in [0.05, 0.1) is 6.04 Å². The Bertz CT molecular complexity index is 743. The minimum Gasteiger partial charge on any atom is -0.465 e. The average Bonchev–Trinajstić information content (AvgIpc) is 3.34. The molecule has 28 heavy (non-hydrogen) atoms. The molecule has 0 aromatic carbocycles. The van der Waals surface area contributed by atoms with E-state index in [1.807, 2.05) is 31.3 Å². The monoisotopic (exact) mass is 517 g/mol. The SMILES string of the molecule is CN=C(NCCc1ccc(Cl)nc1)NCC(c1ccc(C)o1)N1CCCC1.I. The average molecular weight is 518 g/mol. The van der Waals surface area contributed by atoms with Crippen LogP contribution in [0.15, 0.2) is 39.9 Å². The summed E-state index contributed by atoms with van der Waals surface area (Å²) in [5.74, 6) is 2.77. The Morgan fingerprint density at radius 1 is 1.25 bits per heavy atom. The molecule has 0 saturated carbocycles. The van der Waals surface area contributed by atoms with Crippen molar-refractivity contribution in [3.63, 3.8) is 0 Å². The molecular weight excluding hydrogens is 489 g/mol. The fraction of sp³-hybridized carbons (Fsp3) is 0.500. The van der Waals surface area contributed by atoms with E-state index in [0.717, 1.165) is 55.6 Å². The van der Waals surface area contributed by atoms with Crippen molar-refractivity contribution in [1.82, 2.24) is 20.5 Å². The molecule has 8 heteroatoms. The predicted molar refractivity (Wildman–Crippen MR) is 125 cm³/mol. The fourth-order valence-corrected chi connectivity index (χ4v) is 3.50. The highest BCUT2D eigenvalue weighted by Crippen LogP contribution is 2.26. The number of hydrogen-bond acceptors (Lipinski definition) is 4. The second-order valence-corrected chi connectivity index (χ2v) is 7.21. The fourth-order valence-electron chi connectivity index (χ4n) is 3.39. The molecule has 0 bridgehead atoms. The molecule has 0 radical (unpaired) electrons. The highest BCUT2D eigenvalue weighted by atomic mass is 127. The van der Waals surface area contributed by atoms with Gasteiger partial charge < -0.3 is 15.1 Å². The summed E-state index contributed by atoms with van der Waals surface area (Å²) in [5, 5.41) is 7.33. The first kappa shape index (κ1) is 23.0. The van der Waals surface area contributed by atoms with E-state index in [2.05, 4.69) is 31.6 Å². The molecule has 3 rings (SSSR count). The Kier molecular flexibility index (Phi) is 9.53. The number of furan rings is 1. The molecule has 1 fully saturated rings. The zero-order chi connectivity index (χ0) is 19.1. The van der Waals surface area contributed by atoms with Crippen LogP contribution in [-0.4, -0.2) is 49.1 Å². The van der Waals surface area contributed by atoms with Gasteiger partial charge in [0.1, 0.15) is 16.7 Å². The second-order valence-electron chi connectivity index (χ2n) is 6.83. The Morgan fingerprint density at radius 2 is 2.04 bits per heavy atom. The molecular formula is C20H29ClIN5O. The maximum absolute atomic E-state index is 5.91. The van der Waals surface area contributed by atoms with Gasteiger partial charge in [0.25, 0.3) is 0 Å². The number of likely N-dealkylation sites (tertiary alicyclic amines) is 1. The number of rotatable bonds is 7. The zero-order valence-electron chi connectivity index (χ0n) is 16.4. The number of nitrogens with zero attached hydrogens (tertiary/aromatic N) is 3. The molecule has 2 aromatic rings. The summed E-state index contributed by atoms with van der Waals surface area (Å²) in [4.78, 5) is 10.9. The normalized spacial score (nSPS) is 15.9. The van der Waals surface area contributed by atoms with Crippen LogP contribution in [0, 0.1) is 6.92 Å². The van der Waals surface area contributed by atoms with Crippen LogP contribution >= 0.6 is 35.6 Å². The van der Waals surface area contributed by atoms with Crippen LogP contribution in [0.3, 0.4) is 0 Å². The molecule has 154 valence electrons. The minimum atomic E-state index is 0. The van der Waals surface area contributed by atoms with E-state index in [1.165, 1.54) is 12.8 Å². The number of nitrogens with one attached hydrogen (secondary N) is 2. The summed E-state index contributed by atoms with van der Waals surface area (Å²) in [7, 11) is 1.79. The van der Waals surface area contributed by atoms with Gasteiger partial charge >= 0.3 is 0 Å². The van der Waals surface area contributed by atoms with Crippen LogP contribution in [0.1, 0.15) is 36.0 Å². The van der Waals surface area contributed by atoms with Crippen LogP contribution in [-0.2, 0) is 6.42 Å². The van der Waals surface area contributed by atoms with Crippen molar-refractivity contribution >= 4 is 41.5 Å². The van der Waals surface area contributed by atoms with Gasteiger partial charge in [-0.25, -0.2) is 4.98 Å². The lowest BCUT2D eigenvalue weighted by Crippen LogP contribution is -2.43. The second kappa shape index (κ2) is 11.6. The van der Waals surface area contributed by atoms with Crippen molar-refractivity contribution in [2.75, 3.05) is 33.2 Å². The topological polar surface area (TPSA) is 65.7 Å². The Balaban J connectivity index is 0.00000280. The van der Waals surface area contributed by atoms with E-state index in [-0.39, 0.29) is 30.0 Å². The quantitative estimate of drug-likeness (QED) is 0.253. The molecule has 1 aliphatic heterocycles. The van der Waals surface area contributed by atoms with E-state index < -0.39 is 0 Å². The lowest BCUT2D eigenvalue weighted by molar-refractivity contribution is 0.213. The molecule has 2 aromatic heterocycles. The maximum Gasteiger partial charge on any atom is 0.191 e. The largest absolute Gasteiger partial charge is 0.465 e. The summed E-state index contributed by atoms with van der Waals surface area (Å²) in [6.45, 7) is 5.75. The highest BCUT2D eigenvalue weighted by molar-refractivity contribution is 14.0. The molecule has 6 nitrogen and oxygen atoms in total. The molecule has 1 unspecified atom stereocenters. The molecule has 2 N–H and O–H groups in total. The minimum absolute atomic E-state index is 0. The summed E-state index contributed by atoms with van der Waals surface area (Å²) in [6, 6.07) is 8.15. The Hall–Kier alpha value is -1.32.